The van der Waals surface area contributed by atoms with Gasteiger partial charge in [-0.1, -0.05) is 31.5 Å². The van der Waals surface area contributed by atoms with Crippen molar-refractivity contribution in [2.45, 2.75) is 37.6 Å². The number of nitrogens with one attached hydrogen (secondary N) is 2. The number of amides is 1. The number of carbonyl (C=O) groups is 1. The lowest BCUT2D eigenvalue weighted by Gasteiger charge is -2.17. The van der Waals surface area contributed by atoms with Gasteiger partial charge in [-0.25, -0.2) is 13.1 Å². The summed E-state index contributed by atoms with van der Waals surface area (Å²) in [5.41, 5.74) is 0.869. The smallest absolute Gasteiger partial charge is 0.258 e. The minimum Gasteiger partial charge on any atom is -0.496 e. The molecule has 0 aliphatic heterocycles. The number of sulfonamides is 1. The van der Waals surface area contributed by atoms with Crippen LogP contribution in [0.4, 0.5) is 0 Å². The second kappa shape index (κ2) is 10.8. The van der Waals surface area contributed by atoms with E-state index >= 15 is 0 Å². The molecule has 2 aromatic carbocycles. The number of ether oxygens (including phenoxy) is 2. The third kappa shape index (κ3) is 6.76. The number of methoxy groups -OCH3 is 1. The second-order valence-electron chi connectivity index (χ2n) is 6.54. The zero-order valence-corrected chi connectivity index (χ0v) is 17.8. The summed E-state index contributed by atoms with van der Waals surface area (Å²) in [4.78, 5) is 12.4. The Morgan fingerprint density at radius 3 is 2.45 bits per heavy atom. The van der Waals surface area contributed by atoms with Gasteiger partial charge < -0.3 is 14.8 Å². The Kier molecular flexibility index (Phi) is 8.48. The highest BCUT2D eigenvalue weighted by Crippen LogP contribution is 2.24. The highest BCUT2D eigenvalue weighted by atomic mass is 32.2. The highest BCUT2D eigenvalue weighted by molar-refractivity contribution is 7.89. The molecule has 0 aliphatic rings. The van der Waals surface area contributed by atoms with Crippen molar-refractivity contribution in [3.8, 4) is 11.5 Å². The van der Waals surface area contributed by atoms with Gasteiger partial charge in [0, 0.05) is 12.1 Å². The molecule has 1 amide bonds. The predicted molar refractivity (Wildman–Crippen MR) is 112 cm³/mol. The molecule has 29 heavy (non-hydrogen) atoms. The lowest BCUT2D eigenvalue weighted by atomic mass is 10.1. The molecule has 1 unspecified atom stereocenters. The van der Waals surface area contributed by atoms with Gasteiger partial charge in [0.2, 0.25) is 10.0 Å². The average molecular weight is 421 g/mol. The summed E-state index contributed by atoms with van der Waals surface area (Å²) in [6.07, 6.45) is 1.69. The molecule has 0 radical (unpaired) electrons. The Bertz CT molecular complexity index is 898. The predicted octanol–water partition coefficient (Wildman–Crippen LogP) is 3.03. The van der Waals surface area contributed by atoms with Crippen molar-refractivity contribution < 1.29 is 22.7 Å². The lowest BCUT2D eigenvalue weighted by Crippen LogP contribution is -2.31. The maximum absolute atomic E-state index is 12.2. The summed E-state index contributed by atoms with van der Waals surface area (Å²) in [5.74, 6) is 0.824. The number of unbranched alkanes of at least 4 members (excludes halogenated alkanes) is 1. The van der Waals surface area contributed by atoms with Crippen LogP contribution >= 0.6 is 0 Å². The Labute approximate surface area is 172 Å². The number of hydrogen-bond acceptors (Lipinski definition) is 5. The average Bonchev–Trinajstić information content (AvgIpc) is 2.72. The Balaban J connectivity index is 1.88. The van der Waals surface area contributed by atoms with Crippen molar-refractivity contribution in [3.63, 3.8) is 0 Å². The van der Waals surface area contributed by atoms with Crippen molar-refractivity contribution in [2.75, 3.05) is 20.3 Å². The van der Waals surface area contributed by atoms with Crippen LogP contribution in [0.25, 0.3) is 0 Å². The molecule has 0 aliphatic carbocycles. The van der Waals surface area contributed by atoms with E-state index in [1.54, 1.807) is 7.11 Å². The quantitative estimate of drug-likeness (QED) is 0.545. The first kappa shape index (κ1) is 22.7. The first-order valence-corrected chi connectivity index (χ1v) is 11.0. The van der Waals surface area contributed by atoms with Gasteiger partial charge in [-0.2, -0.15) is 0 Å². The van der Waals surface area contributed by atoms with E-state index in [0.717, 1.165) is 18.4 Å². The van der Waals surface area contributed by atoms with Crippen molar-refractivity contribution in [1.82, 2.24) is 10.0 Å². The molecule has 158 valence electrons. The van der Waals surface area contributed by atoms with Gasteiger partial charge in [0.25, 0.3) is 5.91 Å². The molecule has 0 saturated carbocycles. The Hall–Kier alpha value is -2.58. The van der Waals surface area contributed by atoms with E-state index in [-0.39, 0.29) is 23.5 Å². The van der Waals surface area contributed by atoms with E-state index < -0.39 is 10.0 Å². The molecule has 2 N–H and O–H groups in total. The Morgan fingerprint density at radius 1 is 1.10 bits per heavy atom. The van der Waals surface area contributed by atoms with E-state index in [1.165, 1.54) is 24.3 Å². The number of para-hydroxylation sites is 1. The van der Waals surface area contributed by atoms with Gasteiger partial charge in [-0.3, -0.25) is 4.79 Å². The van der Waals surface area contributed by atoms with Crippen molar-refractivity contribution in [2.24, 2.45) is 0 Å². The number of carbonyl (C=O) groups excluding carboxylic acids is 1. The molecule has 0 spiro atoms. The van der Waals surface area contributed by atoms with E-state index in [2.05, 4.69) is 10.0 Å². The minimum absolute atomic E-state index is 0.162. The molecule has 0 aromatic heterocycles. The fourth-order valence-electron chi connectivity index (χ4n) is 2.72. The van der Waals surface area contributed by atoms with Crippen LogP contribution < -0.4 is 19.5 Å². The van der Waals surface area contributed by atoms with Crippen molar-refractivity contribution in [1.29, 1.82) is 0 Å². The number of rotatable bonds is 11. The monoisotopic (exact) mass is 420 g/mol. The van der Waals surface area contributed by atoms with Crippen LogP contribution in [0.15, 0.2) is 53.4 Å². The molecule has 0 saturated heterocycles. The molecule has 0 fully saturated rings. The van der Waals surface area contributed by atoms with Crippen molar-refractivity contribution in [3.05, 3.63) is 54.1 Å². The fourth-order valence-corrected chi connectivity index (χ4v) is 3.79. The van der Waals surface area contributed by atoms with Crippen LogP contribution in [-0.2, 0) is 14.8 Å². The van der Waals surface area contributed by atoms with Gasteiger partial charge in [0.15, 0.2) is 6.61 Å². The topological polar surface area (TPSA) is 93.7 Å². The third-order valence-electron chi connectivity index (χ3n) is 4.31. The van der Waals surface area contributed by atoms with Crippen LogP contribution in [0.2, 0.25) is 0 Å². The van der Waals surface area contributed by atoms with E-state index in [9.17, 15) is 13.2 Å². The largest absolute Gasteiger partial charge is 0.496 e. The van der Waals surface area contributed by atoms with E-state index in [0.29, 0.717) is 18.0 Å². The molecule has 8 heteroatoms. The molecular formula is C21H28N2O5S. The van der Waals surface area contributed by atoms with Crippen LogP contribution in [0, 0.1) is 0 Å². The normalized spacial score (nSPS) is 12.2. The SMILES string of the molecule is CCCCNS(=O)(=O)c1ccc(OCC(=O)NC(C)c2ccccc2OC)cc1. The maximum Gasteiger partial charge on any atom is 0.258 e. The molecular weight excluding hydrogens is 392 g/mol. The molecule has 7 nitrogen and oxygen atoms in total. The number of hydrogen-bond donors (Lipinski definition) is 2. The Morgan fingerprint density at radius 2 is 1.79 bits per heavy atom. The van der Waals surface area contributed by atoms with Crippen LogP contribution in [0.5, 0.6) is 11.5 Å². The summed E-state index contributed by atoms with van der Waals surface area (Å²) >= 11 is 0. The molecule has 1 atom stereocenters. The second-order valence-corrected chi connectivity index (χ2v) is 8.31. The van der Waals surface area contributed by atoms with Crippen LogP contribution in [-0.4, -0.2) is 34.6 Å². The zero-order chi connectivity index (χ0) is 21.3. The summed E-state index contributed by atoms with van der Waals surface area (Å²) in [7, 11) is -1.95. The molecule has 0 heterocycles. The fraction of sp³-hybridized carbons (Fsp3) is 0.381. The van der Waals surface area contributed by atoms with Gasteiger partial charge in [0.05, 0.1) is 18.0 Å². The highest BCUT2D eigenvalue weighted by Gasteiger charge is 2.15. The minimum atomic E-state index is -3.53. The first-order valence-electron chi connectivity index (χ1n) is 9.52. The first-order chi connectivity index (χ1) is 13.9. The lowest BCUT2D eigenvalue weighted by molar-refractivity contribution is -0.123. The summed E-state index contributed by atoms with van der Waals surface area (Å²) in [6, 6.07) is 13.2. The van der Waals surface area contributed by atoms with Gasteiger partial charge in [-0.05, 0) is 43.7 Å². The maximum atomic E-state index is 12.2. The van der Waals surface area contributed by atoms with Gasteiger partial charge >= 0.3 is 0 Å². The summed E-state index contributed by atoms with van der Waals surface area (Å²) in [5, 5.41) is 2.86. The van der Waals surface area contributed by atoms with Crippen LogP contribution in [0.3, 0.4) is 0 Å². The third-order valence-corrected chi connectivity index (χ3v) is 5.79. The van der Waals surface area contributed by atoms with Crippen LogP contribution in [0.1, 0.15) is 38.3 Å². The summed E-state index contributed by atoms with van der Waals surface area (Å²) in [6.45, 7) is 4.08. The van der Waals surface area contributed by atoms with Gasteiger partial charge in [-0.15, -0.1) is 0 Å². The van der Waals surface area contributed by atoms with Gasteiger partial charge in [0.1, 0.15) is 11.5 Å². The molecule has 0 bridgehead atoms. The molecule has 2 rings (SSSR count). The zero-order valence-electron chi connectivity index (χ0n) is 17.0. The van der Waals surface area contributed by atoms with Crippen molar-refractivity contribution >= 4 is 15.9 Å². The number of benzene rings is 2. The standard InChI is InChI=1S/C21H28N2O5S/c1-4-5-14-22-29(25,26)18-12-10-17(11-13-18)28-15-21(24)23-16(2)19-8-6-7-9-20(19)27-3/h6-13,16,22H,4-5,14-15H2,1-3H3,(H,23,24). The molecule has 2 aromatic rings. The van der Waals surface area contributed by atoms with E-state index in [1.807, 2.05) is 38.1 Å². The summed E-state index contributed by atoms with van der Waals surface area (Å²) < 4.78 is 37.7. The van der Waals surface area contributed by atoms with E-state index in [4.69, 9.17) is 9.47 Å².